The summed E-state index contributed by atoms with van der Waals surface area (Å²) in [5.41, 5.74) is 11.1. The fourth-order valence-electron chi connectivity index (χ4n) is 4.01. The van der Waals surface area contributed by atoms with Crippen LogP contribution in [0.1, 0.15) is 33.1 Å². The SMILES string of the molecule is Cc1ccc(-c2cc(C(N)=O)cc(C(Cn3c(=O)oc4ccccc43)c3cnccn3)c2)nc1. The second-order valence-corrected chi connectivity index (χ2v) is 8.06. The highest BCUT2D eigenvalue weighted by Crippen LogP contribution is 2.30. The number of nitrogens with two attached hydrogens (primary N) is 1. The predicted octanol–water partition coefficient (Wildman–Crippen LogP) is 3.69. The van der Waals surface area contributed by atoms with Gasteiger partial charge in [-0.2, -0.15) is 0 Å². The molecule has 0 spiro atoms. The number of hydrogen-bond acceptors (Lipinski definition) is 6. The quantitative estimate of drug-likeness (QED) is 0.421. The zero-order valence-electron chi connectivity index (χ0n) is 18.4. The number of nitrogens with zero attached hydrogens (tertiary/aromatic N) is 4. The summed E-state index contributed by atoms with van der Waals surface area (Å²) in [5.74, 6) is -1.43. The summed E-state index contributed by atoms with van der Waals surface area (Å²) < 4.78 is 6.99. The number of rotatable bonds is 6. The van der Waals surface area contributed by atoms with Gasteiger partial charge in [0.2, 0.25) is 5.91 Å². The van der Waals surface area contributed by atoms with Crippen molar-refractivity contribution in [2.24, 2.45) is 5.73 Å². The number of aryl methyl sites for hydroxylation is 1. The van der Waals surface area contributed by atoms with Crippen LogP contribution in [-0.4, -0.2) is 25.4 Å². The monoisotopic (exact) mass is 451 g/mol. The molecule has 8 nitrogen and oxygen atoms in total. The van der Waals surface area contributed by atoms with Crippen molar-refractivity contribution in [3.8, 4) is 11.3 Å². The van der Waals surface area contributed by atoms with Gasteiger partial charge in [0.05, 0.1) is 16.9 Å². The first-order valence-electron chi connectivity index (χ1n) is 10.7. The Morgan fingerprint density at radius 3 is 2.65 bits per heavy atom. The molecule has 0 aliphatic carbocycles. The predicted molar refractivity (Wildman–Crippen MR) is 127 cm³/mol. The number of carbonyl (C=O) groups is 1. The van der Waals surface area contributed by atoms with Crippen molar-refractivity contribution in [1.29, 1.82) is 0 Å². The number of para-hydroxylation sites is 2. The van der Waals surface area contributed by atoms with Crippen molar-refractivity contribution in [2.45, 2.75) is 19.4 Å². The fourth-order valence-corrected chi connectivity index (χ4v) is 4.01. The van der Waals surface area contributed by atoms with Crippen LogP contribution >= 0.6 is 0 Å². The second kappa shape index (κ2) is 8.74. The largest absolute Gasteiger partial charge is 0.419 e. The molecule has 0 aliphatic heterocycles. The molecule has 0 fully saturated rings. The standard InChI is InChI=1S/C26H21N5O3/c1-16-6-7-21(30-13-16)18-10-17(11-19(12-18)25(27)32)20(22-14-28-8-9-29-22)15-31-23-4-2-3-5-24(23)34-26(31)33/h2-14,20H,15H2,1H3,(H2,27,32). The summed E-state index contributed by atoms with van der Waals surface area (Å²) in [5, 5.41) is 0. The van der Waals surface area contributed by atoms with E-state index in [2.05, 4.69) is 15.0 Å². The molecule has 0 saturated heterocycles. The molecule has 0 saturated carbocycles. The maximum atomic E-state index is 12.7. The number of carbonyl (C=O) groups excluding carboxylic acids is 1. The van der Waals surface area contributed by atoms with Crippen molar-refractivity contribution in [3.05, 3.63) is 112 Å². The van der Waals surface area contributed by atoms with E-state index >= 15 is 0 Å². The van der Waals surface area contributed by atoms with E-state index in [0.29, 0.717) is 28.1 Å². The first kappa shape index (κ1) is 21.3. The molecule has 5 aromatic rings. The molecule has 5 rings (SSSR count). The van der Waals surface area contributed by atoms with Crippen LogP contribution in [0, 0.1) is 6.92 Å². The van der Waals surface area contributed by atoms with Gasteiger partial charge in [-0.05, 0) is 54.4 Å². The number of benzene rings is 2. The highest BCUT2D eigenvalue weighted by atomic mass is 16.4. The van der Waals surface area contributed by atoms with E-state index in [1.807, 2.05) is 43.3 Å². The van der Waals surface area contributed by atoms with E-state index in [4.69, 9.17) is 10.2 Å². The third-order valence-corrected chi connectivity index (χ3v) is 5.73. The van der Waals surface area contributed by atoms with Crippen LogP contribution in [0.2, 0.25) is 0 Å². The van der Waals surface area contributed by atoms with Gasteiger partial charge >= 0.3 is 5.76 Å². The molecular formula is C26H21N5O3. The van der Waals surface area contributed by atoms with Crippen LogP contribution in [0.4, 0.5) is 0 Å². The Balaban J connectivity index is 1.68. The maximum absolute atomic E-state index is 12.7. The summed E-state index contributed by atoms with van der Waals surface area (Å²) in [6, 6.07) is 16.5. The van der Waals surface area contributed by atoms with Crippen LogP contribution < -0.4 is 11.5 Å². The van der Waals surface area contributed by atoms with Gasteiger partial charge in [0.1, 0.15) is 0 Å². The Morgan fingerprint density at radius 1 is 1.06 bits per heavy atom. The third-order valence-electron chi connectivity index (χ3n) is 5.73. The van der Waals surface area contributed by atoms with Gasteiger partial charge in [-0.1, -0.05) is 18.2 Å². The van der Waals surface area contributed by atoms with Crippen LogP contribution in [0.5, 0.6) is 0 Å². The average Bonchev–Trinajstić information content (AvgIpc) is 3.17. The number of hydrogen-bond donors (Lipinski definition) is 1. The summed E-state index contributed by atoms with van der Waals surface area (Å²) >= 11 is 0. The van der Waals surface area contributed by atoms with Crippen molar-refractivity contribution >= 4 is 17.0 Å². The zero-order chi connectivity index (χ0) is 23.7. The molecule has 34 heavy (non-hydrogen) atoms. The summed E-state index contributed by atoms with van der Waals surface area (Å²) in [7, 11) is 0. The average molecular weight is 451 g/mol. The van der Waals surface area contributed by atoms with Crippen LogP contribution in [0.3, 0.4) is 0 Å². The lowest BCUT2D eigenvalue weighted by Crippen LogP contribution is -2.21. The van der Waals surface area contributed by atoms with Crippen LogP contribution in [0.15, 0.2) is 88.6 Å². The number of fused-ring (bicyclic) bond motifs is 1. The number of amides is 1. The zero-order valence-corrected chi connectivity index (χ0v) is 18.4. The van der Waals surface area contributed by atoms with Gasteiger partial charge in [0, 0.05) is 48.4 Å². The van der Waals surface area contributed by atoms with E-state index in [0.717, 1.165) is 16.7 Å². The third kappa shape index (κ3) is 4.09. The normalized spacial score (nSPS) is 12.0. The van der Waals surface area contributed by atoms with E-state index in [1.54, 1.807) is 47.6 Å². The Labute approximate surface area is 194 Å². The van der Waals surface area contributed by atoms with Crippen molar-refractivity contribution in [2.75, 3.05) is 0 Å². The van der Waals surface area contributed by atoms with E-state index in [9.17, 15) is 9.59 Å². The van der Waals surface area contributed by atoms with Gasteiger partial charge in [-0.25, -0.2) is 4.79 Å². The minimum atomic E-state index is -0.556. The molecule has 1 amide bonds. The van der Waals surface area contributed by atoms with Gasteiger partial charge in [0.15, 0.2) is 5.58 Å². The molecule has 0 bridgehead atoms. The number of pyridine rings is 1. The number of primary amides is 1. The number of aromatic nitrogens is 4. The molecule has 2 N–H and O–H groups in total. The number of oxazole rings is 1. The van der Waals surface area contributed by atoms with Crippen molar-refractivity contribution < 1.29 is 9.21 Å². The lowest BCUT2D eigenvalue weighted by Gasteiger charge is -2.19. The highest BCUT2D eigenvalue weighted by Gasteiger charge is 2.22. The summed E-state index contributed by atoms with van der Waals surface area (Å²) in [6.45, 7) is 2.19. The van der Waals surface area contributed by atoms with Gasteiger partial charge in [-0.3, -0.25) is 24.3 Å². The molecule has 2 aromatic carbocycles. The Kier molecular flexibility index (Phi) is 5.47. The topological polar surface area (TPSA) is 117 Å². The second-order valence-electron chi connectivity index (χ2n) is 8.06. The molecule has 3 heterocycles. The molecule has 1 atom stereocenters. The summed E-state index contributed by atoms with van der Waals surface area (Å²) in [6.07, 6.45) is 6.60. The first-order chi connectivity index (χ1) is 16.5. The van der Waals surface area contributed by atoms with Gasteiger partial charge < -0.3 is 10.2 Å². The van der Waals surface area contributed by atoms with Crippen molar-refractivity contribution in [3.63, 3.8) is 0 Å². The fraction of sp³-hybridized carbons (Fsp3) is 0.115. The maximum Gasteiger partial charge on any atom is 0.419 e. The minimum Gasteiger partial charge on any atom is -0.408 e. The molecule has 0 radical (unpaired) electrons. The molecule has 8 heteroatoms. The minimum absolute atomic E-state index is 0.234. The van der Waals surface area contributed by atoms with E-state index in [-0.39, 0.29) is 6.54 Å². The lowest BCUT2D eigenvalue weighted by atomic mass is 9.91. The first-order valence-corrected chi connectivity index (χ1v) is 10.7. The Bertz CT molecular complexity index is 1540. The van der Waals surface area contributed by atoms with Crippen molar-refractivity contribution in [1.82, 2.24) is 19.5 Å². The van der Waals surface area contributed by atoms with Gasteiger partial charge in [-0.15, -0.1) is 0 Å². The van der Waals surface area contributed by atoms with Crippen LogP contribution in [-0.2, 0) is 6.54 Å². The lowest BCUT2D eigenvalue weighted by molar-refractivity contribution is 0.1000. The smallest absolute Gasteiger partial charge is 0.408 e. The molecule has 1 unspecified atom stereocenters. The van der Waals surface area contributed by atoms with Crippen LogP contribution in [0.25, 0.3) is 22.4 Å². The molecular weight excluding hydrogens is 430 g/mol. The molecule has 3 aromatic heterocycles. The molecule has 168 valence electrons. The Morgan fingerprint density at radius 2 is 1.91 bits per heavy atom. The summed E-state index contributed by atoms with van der Waals surface area (Å²) in [4.78, 5) is 38.1. The van der Waals surface area contributed by atoms with Gasteiger partial charge in [0.25, 0.3) is 0 Å². The van der Waals surface area contributed by atoms with E-state index < -0.39 is 17.6 Å². The molecule has 0 aliphatic rings. The highest BCUT2D eigenvalue weighted by molar-refractivity contribution is 5.94. The Hall–Kier alpha value is -4.59. The van der Waals surface area contributed by atoms with E-state index in [1.165, 1.54) is 0 Å².